The van der Waals surface area contributed by atoms with Crippen molar-refractivity contribution in [1.29, 1.82) is 0 Å². The zero-order valence-corrected chi connectivity index (χ0v) is 17.6. The zero-order chi connectivity index (χ0) is 20.1. The second-order valence-corrected chi connectivity index (χ2v) is 9.17. The first-order valence-corrected chi connectivity index (χ1v) is 11.0. The van der Waals surface area contributed by atoms with Gasteiger partial charge in [-0.3, -0.25) is 0 Å². The van der Waals surface area contributed by atoms with Crippen molar-refractivity contribution in [3.63, 3.8) is 0 Å². The molecule has 0 aromatic heterocycles. The first kappa shape index (κ1) is 18.6. The molecule has 0 fully saturated rings. The van der Waals surface area contributed by atoms with Crippen LogP contribution in [0.4, 0.5) is 10.5 Å². The number of urea groups is 1. The van der Waals surface area contributed by atoms with Crippen molar-refractivity contribution in [2.75, 3.05) is 4.90 Å². The third kappa shape index (κ3) is 3.04. The van der Waals surface area contributed by atoms with Crippen LogP contribution in [0.1, 0.15) is 30.4 Å². The molecule has 0 N–H and O–H groups in total. The van der Waals surface area contributed by atoms with Gasteiger partial charge in [0.15, 0.2) is 11.0 Å². The van der Waals surface area contributed by atoms with Gasteiger partial charge in [0.05, 0.1) is 0 Å². The summed E-state index contributed by atoms with van der Waals surface area (Å²) in [4.78, 5) is 29.6. The Labute approximate surface area is 178 Å². The molecule has 2 aliphatic heterocycles. The molecule has 1 atom stereocenters. The molecule has 1 aliphatic carbocycles. The van der Waals surface area contributed by atoms with Crippen LogP contribution in [0.3, 0.4) is 0 Å². The predicted molar refractivity (Wildman–Crippen MR) is 116 cm³/mol. The van der Waals surface area contributed by atoms with Crippen LogP contribution < -0.4 is 4.90 Å². The van der Waals surface area contributed by atoms with Gasteiger partial charge < -0.3 is 0 Å². The Balaban J connectivity index is 1.63. The molecule has 1 unspecified atom stereocenters. The van der Waals surface area contributed by atoms with Gasteiger partial charge in [-0.15, -0.1) is 4.90 Å². The van der Waals surface area contributed by atoms with Crippen LogP contribution in [0.15, 0.2) is 59.0 Å². The summed E-state index contributed by atoms with van der Waals surface area (Å²) in [6.45, 7) is 2.51. The van der Waals surface area contributed by atoms with E-state index >= 15 is 0 Å². The van der Waals surface area contributed by atoms with Crippen LogP contribution in [0.5, 0.6) is 0 Å². The van der Waals surface area contributed by atoms with Crippen molar-refractivity contribution < 1.29 is 14.2 Å². The topological polar surface area (TPSA) is 40.4 Å². The van der Waals surface area contributed by atoms with Crippen LogP contribution in [-0.2, 0) is 11.3 Å². The lowest BCUT2D eigenvalue weighted by atomic mass is 9.96. The number of carbonyl (C=O) groups excluding carboxylic acids is 2. The molecule has 4 nitrogen and oxygen atoms in total. The Hall–Kier alpha value is -2.37. The molecule has 3 amide bonds. The summed E-state index contributed by atoms with van der Waals surface area (Å²) in [7, 11) is 0. The number of fused-ring (bicyclic) bond motifs is 2. The summed E-state index contributed by atoms with van der Waals surface area (Å²) in [5.41, 5.74) is 3.99. The maximum absolute atomic E-state index is 13.5. The monoisotopic (exact) mass is 423 g/mol. The number of halogens is 1. The van der Waals surface area contributed by atoms with E-state index in [1.165, 1.54) is 15.4 Å². The number of aryl methyl sites for hydroxylation is 1. The van der Waals surface area contributed by atoms with Gasteiger partial charge in [0, 0.05) is 5.02 Å². The SMILES string of the molecule is Cc1ccccc1C[N+]1=C2SC3=C(CCC3)C2C(=O)N(c2ccc(Cl)cc2)C1=O. The van der Waals surface area contributed by atoms with Crippen LogP contribution in [-0.4, -0.2) is 21.6 Å². The van der Waals surface area contributed by atoms with E-state index in [4.69, 9.17) is 11.6 Å². The van der Waals surface area contributed by atoms with Crippen LogP contribution in [0.2, 0.25) is 5.02 Å². The van der Waals surface area contributed by atoms with E-state index in [0.29, 0.717) is 17.3 Å². The number of thioether (sulfide) groups is 1. The van der Waals surface area contributed by atoms with Crippen molar-refractivity contribution in [2.24, 2.45) is 5.92 Å². The summed E-state index contributed by atoms with van der Waals surface area (Å²) in [6, 6.07) is 14.7. The Kier molecular flexibility index (Phi) is 4.60. The van der Waals surface area contributed by atoms with Gasteiger partial charge in [-0.1, -0.05) is 47.6 Å². The Morgan fingerprint density at radius 3 is 2.62 bits per heavy atom. The molecule has 5 rings (SSSR count). The fourth-order valence-electron chi connectivity index (χ4n) is 4.33. The minimum absolute atomic E-state index is 0.146. The molecule has 146 valence electrons. The molecule has 0 radical (unpaired) electrons. The number of rotatable bonds is 3. The third-order valence-electron chi connectivity index (χ3n) is 5.86. The van der Waals surface area contributed by atoms with E-state index in [0.717, 1.165) is 35.4 Å². The second kappa shape index (κ2) is 7.15. The maximum atomic E-state index is 13.5. The van der Waals surface area contributed by atoms with Crippen molar-refractivity contribution in [3.8, 4) is 0 Å². The summed E-state index contributed by atoms with van der Waals surface area (Å²) in [5, 5.41) is 1.45. The number of anilines is 1. The van der Waals surface area contributed by atoms with Crippen molar-refractivity contribution in [2.45, 2.75) is 32.7 Å². The minimum atomic E-state index is -0.338. The molecule has 2 aromatic carbocycles. The Bertz CT molecular complexity index is 1100. The van der Waals surface area contributed by atoms with Gasteiger partial charge in [-0.25, -0.2) is 4.79 Å². The number of allylic oxidation sites excluding steroid dienone is 1. The number of nitrogens with zero attached hydrogens (tertiary/aromatic N) is 2. The fourth-order valence-corrected chi connectivity index (χ4v) is 5.92. The zero-order valence-electron chi connectivity index (χ0n) is 16.0. The lowest BCUT2D eigenvalue weighted by molar-refractivity contribution is -0.443. The summed E-state index contributed by atoms with van der Waals surface area (Å²) in [5.74, 6) is -0.484. The lowest BCUT2D eigenvalue weighted by Crippen LogP contribution is -2.53. The van der Waals surface area contributed by atoms with Gasteiger partial charge in [-0.2, -0.15) is 9.37 Å². The standard InChI is InChI=1S/C23H20ClN2O2S/c1-14-5-2-3-6-15(14)13-25-22-20(18-7-4-8-19(18)29-22)21(27)26(23(25)28)17-11-9-16(24)10-12-17/h2-3,5-6,9-12,20H,4,7-8,13H2,1H3/q+1. The highest BCUT2D eigenvalue weighted by Crippen LogP contribution is 2.49. The Morgan fingerprint density at radius 1 is 1.10 bits per heavy atom. The molecular weight excluding hydrogens is 404 g/mol. The Morgan fingerprint density at radius 2 is 1.86 bits per heavy atom. The maximum Gasteiger partial charge on any atom is 0.506 e. The predicted octanol–water partition coefficient (Wildman–Crippen LogP) is 5.53. The molecule has 0 bridgehead atoms. The van der Waals surface area contributed by atoms with E-state index in [1.54, 1.807) is 40.6 Å². The number of hydrogen-bond acceptors (Lipinski definition) is 3. The molecule has 0 spiro atoms. The fraction of sp³-hybridized carbons (Fsp3) is 0.261. The summed E-state index contributed by atoms with van der Waals surface area (Å²) < 4.78 is 1.80. The van der Waals surface area contributed by atoms with Crippen LogP contribution in [0, 0.1) is 12.8 Å². The second-order valence-electron chi connectivity index (χ2n) is 7.62. The van der Waals surface area contributed by atoms with E-state index in [-0.39, 0.29) is 17.9 Å². The average Bonchev–Trinajstić information content (AvgIpc) is 3.29. The number of amides is 3. The first-order valence-electron chi connectivity index (χ1n) is 9.77. The minimum Gasteiger partial charge on any atom is -0.245 e. The average molecular weight is 424 g/mol. The van der Waals surface area contributed by atoms with Crippen LogP contribution in [0.25, 0.3) is 0 Å². The first-order chi connectivity index (χ1) is 14.0. The number of benzene rings is 2. The summed E-state index contributed by atoms with van der Waals surface area (Å²) >= 11 is 7.66. The van der Waals surface area contributed by atoms with E-state index < -0.39 is 0 Å². The molecular formula is C23H20ClN2O2S+. The van der Waals surface area contributed by atoms with E-state index in [2.05, 4.69) is 0 Å². The van der Waals surface area contributed by atoms with Crippen molar-refractivity contribution in [3.05, 3.63) is 75.2 Å². The van der Waals surface area contributed by atoms with E-state index in [9.17, 15) is 9.59 Å². The number of imide groups is 1. The van der Waals surface area contributed by atoms with Gasteiger partial charge in [-0.05, 0) is 72.1 Å². The highest BCUT2D eigenvalue weighted by atomic mass is 35.5. The lowest BCUT2D eigenvalue weighted by Gasteiger charge is -2.26. The molecule has 29 heavy (non-hydrogen) atoms. The summed E-state index contributed by atoms with van der Waals surface area (Å²) in [6.07, 6.45) is 3.02. The normalized spacial score (nSPS) is 21.2. The van der Waals surface area contributed by atoms with Crippen molar-refractivity contribution in [1.82, 2.24) is 0 Å². The van der Waals surface area contributed by atoms with Gasteiger partial charge >= 0.3 is 11.9 Å². The molecule has 6 heteroatoms. The smallest absolute Gasteiger partial charge is 0.245 e. The van der Waals surface area contributed by atoms with E-state index in [1.807, 2.05) is 31.2 Å². The highest BCUT2D eigenvalue weighted by Gasteiger charge is 2.54. The number of carbonyl (C=O) groups is 2. The highest BCUT2D eigenvalue weighted by molar-refractivity contribution is 8.17. The van der Waals surface area contributed by atoms with Crippen molar-refractivity contribution >= 4 is 46.0 Å². The molecule has 3 aliphatic rings. The van der Waals surface area contributed by atoms with Gasteiger partial charge in [0.25, 0.3) is 0 Å². The van der Waals surface area contributed by atoms with Gasteiger partial charge in [0.1, 0.15) is 12.2 Å². The molecule has 0 saturated heterocycles. The third-order valence-corrected chi connectivity index (χ3v) is 7.49. The number of hydrogen-bond donors (Lipinski definition) is 0. The molecule has 2 heterocycles. The van der Waals surface area contributed by atoms with Crippen LogP contribution >= 0.6 is 23.4 Å². The molecule has 0 saturated carbocycles. The molecule has 2 aromatic rings. The van der Waals surface area contributed by atoms with Gasteiger partial charge in [0.2, 0.25) is 0 Å². The largest absolute Gasteiger partial charge is 0.506 e. The quantitative estimate of drug-likeness (QED) is 0.609.